The van der Waals surface area contributed by atoms with Gasteiger partial charge in [-0.3, -0.25) is 0 Å². The van der Waals surface area contributed by atoms with Crippen LogP contribution in [-0.4, -0.2) is 38.6 Å². The summed E-state index contributed by atoms with van der Waals surface area (Å²) in [5, 5.41) is 8.72. The van der Waals surface area contributed by atoms with Crippen LogP contribution in [0.4, 0.5) is 8.78 Å². The molecule has 0 atom stereocenters. The van der Waals surface area contributed by atoms with Crippen LogP contribution in [0.15, 0.2) is 64.9 Å². The molecule has 0 spiro atoms. The third-order valence-electron chi connectivity index (χ3n) is 3.56. The fourth-order valence-corrected chi connectivity index (χ4v) is 2.42. The Kier molecular flexibility index (Phi) is 5.23. The number of hydrogen-bond acceptors (Lipinski definition) is 4. The maximum absolute atomic E-state index is 13.4. The van der Waals surface area contributed by atoms with E-state index in [0.717, 1.165) is 11.8 Å². The average Bonchev–Trinajstić information content (AvgIpc) is 3.11. The van der Waals surface area contributed by atoms with E-state index in [1.807, 2.05) is 0 Å². The molecule has 0 radical (unpaired) electrons. The molecule has 3 rings (SSSR count). The molecule has 1 aromatic carbocycles. The maximum atomic E-state index is 13.4. The van der Waals surface area contributed by atoms with Gasteiger partial charge in [0, 0.05) is 25.0 Å². The van der Waals surface area contributed by atoms with Gasteiger partial charge in [0.2, 0.25) is 0 Å². The zero-order chi connectivity index (χ0) is 18.5. The zero-order valence-corrected chi connectivity index (χ0v) is 13.7. The first-order valence-electron chi connectivity index (χ1n) is 7.68. The number of fused-ring (bicyclic) bond motifs is 1. The van der Waals surface area contributed by atoms with E-state index in [1.165, 1.54) is 12.1 Å². The Morgan fingerprint density at radius 1 is 1.38 bits per heavy atom. The van der Waals surface area contributed by atoms with E-state index in [2.05, 4.69) is 26.7 Å². The van der Waals surface area contributed by atoms with E-state index >= 15 is 0 Å². The van der Waals surface area contributed by atoms with E-state index in [9.17, 15) is 8.78 Å². The summed E-state index contributed by atoms with van der Waals surface area (Å²) in [7, 11) is 0. The van der Waals surface area contributed by atoms with Crippen molar-refractivity contribution in [1.82, 2.24) is 14.4 Å². The third-order valence-corrected chi connectivity index (χ3v) is 3.56. The summed E-state index contributed by atoms with van der Waals surface area (Å²) in [5.74, 6) is -1.06. The van der Waals surface area contributed by atoms with Crippen molar-refractivity contribution in [1.29, 1.82) is 0 Å². The molecule has 8 heteroatoms. The van der Waals surface area contributed by atoms with Gasteiger partial charge in [0.05, 0.1) is 18.5 Å². The average molecular weight is 355 g/mol. The highest BCUT2D eigenvalue weighted by Gasteiger charge is 2.12. The van der Waals surface area contributed by atoms with E-state index in [4.69, 9.17) is 5.11 Å². The largest absolute Gasteiger partial charge is 0.389 e. The number of nitrogens with zero attached hydrogens (tertiary/aromatic N) is 5. The van der Waals surface area contributed by atoms with Gasteiger partial charge in [0.1, 0.15) is 17.3 Å². The van der Waals surface area contributed by atoms with Crippen molar-refractivity contribution in [3.63, 3.8) is 0 Å². The smallest absolute Gasteiger partial charge is 0.179 e. The lowest BCUT2D eigenvalue weighted by atomic mass is 10.1. The predicted octanol–water partition coefficient (Wildman–Crippen LogP) is 2.71. The van der Waals surface area contributed by atoms with Gasteiger partial charge in [0.25, 0.3) is 0 Å². The molecular formula is C18H15F2N5O. The van der Waals surface area contributed by atoms with Crippen molar-refractivity contribution in [2.75, 3.05) is 6.61 Å². The van der Waals surface area contributed by atoms with Crippen LogP contribution >= 0.6 is 0 Å². The van der Waals surface area contributed by atoms with Crippen LogP contribution in [0.3, 0.4) is 0 Å². The third kappa shape index (κ3) is 3.86. The lowest BCUT2D eigenvalue weighted by Gasteiger charge is -2.07. The van der Waals surface area contributed by atoms with Crippen LogP contribution < -0.4 is 0 Å². The van der Waals surface area contributed by atoms with E-state index in [0.29, 0.717) is 23.5 Å². The number of benzene rings is 1. The number of aromatic nitrogens is 3. The number of rotatable bonds is 5. The van der Waals surface area contributed by atoms with Crippen LogP contribution in [0.2, 0.25) is 0 Å². The standard InChI is InChI=1S/C18H15F2N5O/c1-21-17(23-9-14(20)11-26)16-10-25-6-5-22-18(25)15(24-16)8-12-3-2-4-13(19)7-12/h2-7,9-10,26H,1,8,11H2/b14-9+,23-17?. The highest BCUT2D eigenvalue weighted by Crippen LogP contribution is 2.15. The van der Waals surface area contributed by atoms with E-state index < -0.39 is 12.4 Å². The van der Waals surface area contributed by atoms with E-state index in [-0.39, 0.29) is 11.7 Å². The van der Waals surface area contributed by atoms with Gasteiger partial charge >= 0.3 is 0 Å². The normalized spacial score (nSPS) is 12.6. The molecule has 0 aliphatic heterocycles. The van der Waals surface area contributed by atoms with E-state index in [1.54, 1.807) is 35.1 Å². The van der Waals surface area contributed by atoms with Crippen molar-refractivity contribution in [2.45, 2.75) is 6.42 Å². The highest BCUT2D eigenvalue weighted by molar-refractivity contribution is 6.00. The molecule has 0 unspecified atom stereocenters. The minimum Gasteiger partial charge on any atom is -0.389 e. The van der Waals surface area contributed by atoms with Gasteiger partial charge in [-0.2, -0.15) is 0 Å². The number of hydrogen-bond donors (Lipinski definition) is 1. The van der Waals surface area contributed by atoms with Crippen molar-refractivity contribution in [2.24, 2.45) is 9.98 Å². The first-order chi connectivity index (χ1) is 12.6. The number of halogens is 2. The minimum atomic E-state index is -0.810. The Bertz CT molecular complexity index is 1010. The van der Waals surface area contributed by atoms with Crippen molar-refractivity contribution >= 4 is 18.2 Å². The molecule has 6 nitrogen and oxygen atoms in total. The molecule has 2 aromatic heterocycles. The molecule has 0 aliphatic carbocycles. The highest BCUT2D eigenvalue weighted by atomic mass is 19.1. The SMILES string of the molecule is C=NC(=N/C=C(/F)CO)c1cn2ccnc2c(Cc2cccc(F)c2)n1. The molecule has 0 saturated heterocycles. The fraction of sp³-hybridized carbons (Fsp3) is 0.111. The second-order valence-corrected chi connectivity index (χ2v) is 5.38. The summed E-state index contributed by atoms with van der Waals surface area (Å²) >= 11 is 0. The molecule has 0 fully saturated rings. The quantitative estimate of drug-likeness (QED) is 0.565. The van der Waals surface area contributed by atoms with Crippen LogP contribution in [-0.2, 0) is 6.42 Å². The second kappa shape index (κ2) is 7.75. The molecule has 1 N–H and O–H groups in total. The molecule has 3 aromatic rings. The zero-order valence-electron chi connectivity index (χ0n) is 13.7. The molecule has 26 heavy (non-hydrogen) atoms. The lowest BCUT2D eigenvalue weighted by Crippen LogP contribution is -2.07. The Morgan fingerprint density at radius 2 is 2.23 bits per heavy atom. The first-order valence-corrected chi connectivity index (χ1v) is 7.68. The summed E-state index contributed by atoms with van der Waals surface area (Å²) < 4.78 is 28.3. The molecule has 132 valence electrons. The Labute approximate surface area is 147 Å². The Hall–Kier alpha value is -3.26. The summed E-state index contributed by atoms with van der Waals surface area (Å²) in [5.41, 5.74) is 2.27. The second-order valence-electron chi connectivity index (χ2n) is 5.38. The van der Waals surface area contributed by atoms with Crippen molar-refractivity contribution in [3.05, 3.63) is 77.7 Å². The molecule has 0 bridgehead atoms. The fourth-order valence-electron chi connectivity index (χ4n) is 2.42. The number of aliphatic hydroxyl groups is 1. The molecule has 2 heterocycles. The van der Waals surface area contributed by atoms with Crippen LogP contribution in [0.1, 0.15) is 17.0 Å². The van der Waals surface area contributed by atoms with Gasteiger partial charge < -0.3 is 9.51 Å². The predicted molar refractivity (Wildman–Crippen MR) is 94.6 cm³/mol. The van der Waals surface area contributed by atoms with Gasteiger partial charge in [-0.15, -0.1) is 0 Å². The van der Waals surface area contributed by atoms with Crippen LogP contribution in [0.25, 0.3) is 5.65 Å². The lowest BCUT2D eigenvalue weighted by molar-refractivity contribution is 0.298. The number of amidine groups is 1. The monoisotopic (exact) mass is 355 g/mol. The number of aliphatic hydroxyl groups excluding tert-OH is 1. The van der Waals surface area contributed by atoms with Gasteiger partial charge in [-0.1, -0.05) is 12.1 Å². The van der Waals surface area contributed by atoms with Gasteiger partial charge in [-0.25, -0.2) is 28.7 Å². The minimum absolute atomic E-state index is 0.0877. The summed E-state index contributed by atoms with van der Waals surface area (Å²) in [6.45, 7) is 2.67. The van der Waals surface area contributed by atoms with Crippen LogP contribution in [0, 0.1) is 5.82 Å². The van der Waals surface area contributed by atoms with Crippen molar-refractivity contribution in [3.8, 4) is 0 Å². The number of aliphatic imine (C=N–C) groups is 2. The Balaban J connectivity index is 2.06. The van der Waals surface area contributed by atoms with Crippen molar-refractivity contribution < 1.29 is 13.9 Å². The first kappa shape index (κ1) is 17.6. The summed E-state index contributed by atoms with van der Waals surface area (Å²) in [6.07, 6.45) is 6.17. The maximum Gasteiger partial charge on any atom is 0.179 e. The molecule has 0 aliphatic rings. The molecular weight excluding hydrogens is 340 g/mol. The van der Waals surface area contributed by atoms with Gasteiger partial charge in [-0.05, 0) is 24.4 Å². The van der Waals surface area contributed by atoms with Crippen LogP contribution in [0.5, 0.6) is 0 Å². The molecule has 0 saturated carbocycles. The topological polar surface area (TPSA) is 75.1 Å². The van der Waals surface area contributed by atoms with Gasteiger partial charge in [0.15, 0.2) is 11.5 Å². The Morgan fingerprint density at radius 3 is 2.96 bits per heavy atom. The number of imidazole rings is 1. The molecule has 0 amide bonds. The summed E-state index contributed by atoms with van der Waals surface area (Å²) in [4.78, 5) is 16.4. The summed E-state index contributed by atoms with van der Waals surface area (Å²) in [6, 6.07) is 6.20.